The Morgan fingerprint density at radius 1 is 0.786 bits per heavy atom. The topological polar surface area (TPSA) is 0 Å². The summed E-state index contributed by atoms with van der Waals surface area (Å²) >= 11 is 0. The molecule has 2 fully saturated rings. The summed E-state index contributed by atoms with van der Waals surface area (Å²) in [5, 5.41) is 0. The quantitative estimate of drug-likeness (QED) is 0.585. The van der Waals surface area contributed by atoms with E-state index in [1.807, 2.05) is 0 Å². The Morgan fingerprint density at radius 2 is 1.29 bits per heavy atom. The van der Waals surface area contributed by atoms with Gasteiger partial charge in [-0.1, -0.05) is 46.0 Å². The lowest BCUT2D eigenvalue weighted by Crippen LogP contribution is -2.39. The average molecular weight is 194 g/mol. The molecule has 82 valence electrons. The number of rotatable bonds is 2. The first-order valence-electron chi connectivity index (χ1n) is 6.72. The van der Waals surface area contributed by atoms with E-state index in [9.17, 15) is 0 Å². The normalized spacial score (nSPS) is 30.4. The molecular formula is C14H26. The fourth-order valence-corrected chi connectivity index (χ4v) is 4.30. The van der Waals surface area contributed by atoms with Crippen molar-refractivity contribution in [1.82, 2.24) is 0 Å². The van der Waals surface area contributed by atoms with Crippen LogP contribution in [0.15, 0.2) is 0 Å². The highest BCUT2D eigenvalue weighted by Gasteiger charge is 2.47. The zero-order chi connectivity index (χ0) is 10.1. The molecule has 0 saturated heterocycles. The van der Waals surface area contributed by atoms with Gasteiger partial charge < -0.3 is 0 Å². The second kappa shape index (κ2) is 3.87. The molecule has 14 heavy (non-hydrogen) atoms. The van der Waals surface area contributed by atoms with Crippen LogP contribution in [-0.2, 0) is 0 Å². The van der Waals surface area contributed by atoms with Gasteiger partial charge in [-0.25, -0.2) is 0 Å². The first-order chi connectivity index (χ1) is 6.72. The van der Waals surface area contributed by atoms with E-state index in [2.05, 4.69) is 13.8 Å². The zero-order valence-electron chi connectivity index (χ0n) is 10.1. The van der Waals surface area contributed by atoms with Crippen LogP contribution in [0.1, 0.15) is 78.1 Å². The molecule has 0 spiro atoms. The maximum atomic E-state index is 2.59. The Morgan fingerprint density at radius 3 is 1.79 bits per heavy atom. The summed E-state index contributed by atoms with van der Waals surface area (Å²) in [6.07, 6.45) is 15.0. The molecule has 0 nitrogen and oxygen atoms in total. The van der Waals surface area contributed by atoms with Crippen molar-refractivity contribution in [3.05, 3.63) is 0 Å². The molecule has 0 aromatic heterocycles. The molecule has 2 aliphatic rings. The Kier molecular flexibility index (Phi) is 2.91. The van der Waals surface area contributed by atoms with Gasteiger partial charge in [0.05, 0.1) is 0 Å². The molecule has 0 aliphatic heterocycles. The van der Waals surface area contributed by atoms with Gasteiger partial charge in [0, 0.05) is 0 Å². The van der Waals surface area contributed by atoms with Crippen LogP contribution in [0, 0.1) is 10.8 Å². The molecule has 2 saturated carbocycles. The summed E-state index contributed by atoms with van der Waals surface area (Å²) in [4.78, 5) is 0. The molecular weight excluding hydrogens is 168 g/mol. The van der Waals surface area contributed by atoms with Crippen LogP contribution < -0.4 is 0 Å². The predicted octanol–water partition coefficient (Wildman–Crippen LogP) is 4.93. The average Bonchev–Trinajstić information content (AvgIpc) is 2.68. The predicted molar refractivity (Wildman–Crippen MR) is 62.4 cm³/mol. The van der Waals surface area contributed by atoms with Gasteiger partial charge >= 0.3 is 0 Å². The van der Waals surface area contributed by atoms with Crippen LogP contribution in [-0.4, -0.2) is 0 Å². The highest BCUT2D eigenvalue weighted by molar-refractivity contribution is 4.98. The minimum Gasteiger partial charge on any atom is -0.0648 e. The molecule has 0 radical (unpaired) electrons. The third-order valence-electron chi connectivity index (χ3n) is 5.47. The minimum atomic E-state index is 0.710. The van der Waals surface area contributed by atoms with E-state index in [4.69, 9.17) is 0 Å². The van der Waals surface area contributed by atoms with Crippen molar-refractivity contribution in [1.29, 1.82) is 0 Å². The van der Waals surface area contributed by atoms with E-state index in [-0.39, 0.29) is 0 Å². The van der Waals surface area contributed by atoms with Gasteiger partial charge in [-0.15, -0.1) is 0 Å². The minimum absolute atomic E-state index is 0.710. The molecule has 2 rings (SSSR count). The van der Waals surface area contributed by atoms with Crippen LogP contribution >= 0.6 is 0 Å². The van der Waals surface area contributed by atoms with Crippen LogP contribution in [0.5, 0.6) is 0 Å². The summed E-state index contributed by atoms with van der Waals surface area (Å²) in [5.74, 6) is 0. The van der Waals surface area contributed by atoms with Gasteiger partial charge in [0.15, 0.2) is 0 Å². The van der Waals surface area contributed by atoms with Gasteiger partial charge in [-0.2, -0.15) is 0 Å². The Bertz CT molecular complexity index is 180. The third-order valence-corrected chi connectivity index (χ3v) is 5.47. The Labute approximate surface area is 89.5 Å². The van der Waals surface area contributed by atoms with E-state index in [0.717, 1.165) is 5.41 Å². The van der Waals surface area contributed by atoms with Crippen molar-refractivity contribution >= 4 is 0 Å². The molecule has 0 atom stereocenters. The standard InChI is InChI=1S/C14H26/c1-3-14(11-5-4-6-12-14)13(2)9-7-8-10-13/h3-12H2,1-2H3. The van der Waals surface area contributed by atoms with E-state index >= 15 is 0 Å². The van der Waals surface area contributed by atoms with Gasteiger partial charge in [0.2, 0.25) is 0 Å². The van der Waals surface area contributed by atoms with Gasteiger partial charge in [-0.05, 0) is 42.9 Å². The molecule has 2 aliphatic carbocycles. The SMILES string of the molecule is CCC1(C2(C)CCCC2)CCCCC1. The highest BCUT2D eigenvalue weighted by atomic mass is 14.5. The van der Waals surface area contributed by atoms with Gasteiger partial charge in [0.1, 0.15) is 0 Å². The molecule has 0 unspecified atom stereocenters. The number of hydrogen-bond donors (Lipinski definition) is 0. The van der Waals surface area contributed by atoms with Crippen LogP contribution in [0.25, 0.3) is 0 Å². The summed E-state index contributed by atoms with van der Waals surface area (Å²) in [5.41, 5.74) is 1.45. The molecule has 0 amide bonds. The smallest absolute Gasteiger partial charge is 0.0246 e. The van der Waals surface area contributed by atoms with E-state index in [1.165, 1.54) is 64.2 Å². The van der Waals surface area contributed by atoms with Crippen molar-refractivity contribution < 1.29 is 0 Å². The third kappa shape index (κ3) is 1.51. The number of hydrogen-bond acceptors (Lipinski definition) is 0. The lowest BCUT2D eigenvalue weighted by atomic mass is 9.56. The van der Waals surface area contributed by atoms with Crippen LogP contribution in [0.4, 0.5) is 0 Å². The largest absolute Gasteiger partial charge is 0.0648 e. The summed E-state index contributed by atoms with van der Waals surface area (Å²) in [7, 11) is 0. The van der Waals surface area contributed by atoms with Crippen molar-refractivity contribution in [2.24, 2.45) is 10.8 Å². The second-order valence-corrected chi connectivity index (χ2v) is 5.96. The van der Waals surface area contributed by atoms with Gasteiger partial charge in [-0.3, -0.25) is 0 Å². The molecule has 0 aromatic carbocycles. The maximum Gasteiger partial charge on any atom is -0.0246 e. The fraction of sp³-hybridized carbons (Fsp3) is 1.00. The monoisotopic (exact) mass is 194 g/mol. The second-order valence-electron chi connectivity index (χ2n) is 5.96. The fourth-order valence-electron chi connectivity index (χ4n) is 4.30. The molecule has 0 aromatic rings. The Hall–Kier alpha value is 0. The lowest BCUT2D eigenvalue weighted by molar-refractivity contribution is 0.0105. The van der Waals surface area contributed by atoms with Crippen LogP contribution in [0.3, 0.4) is 0 Å². The van der Waals surface area contributed by atoms with Crippen molar-refractivity contribution in [2.45, 2.75) is 78.1 Å². The van der Waals surface area contributed by atoms with Crippen molar-refractivity contribution in [3.8, 4) is 0 Å². The lowest BCUT2D eigenvalue weighted by Gasteiger charge is -2.49. The first kappa shape index (κ1) is 10.5. The summed E-state index contributed by atoms with van der Waals surface area (Å²) < 4.78 is 0. The van der Waals surface area contributed by atoms with Crippen molar-refractivity contribution in [2.75, 3.05) is 0 Å². The first-order valence-corrected chi connectivity index (χ1v) is 6.72. The molecule has 0 heteroatoms. The highest BCUT2D eigenvalue weighted by Crippen LogP contribution is 2.59. The van der Waals surface area contributed by atoms with Crippen molar-refractivity contribution in [3.63, 3.8) is 0 Å². The van der Waals surface area contributed by atoms with E-state index < -0.39 is 0 Å². The summed E-state index contributed by atoms with van der Waals surface area (Å²) in [6.45, 7) is 5.03. The molecule has 0 heterocycles. The molecule has 0 N–H and O–H groups in total. The summed E-state index contributed by atoms with van der Waals surface area (Å²) in [6, 6.07) is 0. The van der Waals surface area contributed by atoms with Gasteiger partial charge in [0.25, 0.3) is 0 Å². The zero-order valence-corrected chi connectivity index (χ0v) is 10.1. The van der Waals surface area contributed by atoms with E-state index in [1.54, 1.807) is 0 Å². The van der Waals surface area contributed by atoms with Crippen LogP contribution in [0.2, 0.25) is 0 Å². The Balaban J connectivity index is 2.16. The molecule has 0 bridgehead atoms. The van der Waals surface area contributed by atoms with E-state index in [0.29, 0.717) is 5.41 Å². The maximum absolute atomic E-state index is 2.59.